The standard InChI is InChI=1S/C13H15FN4O2/c1-7(2)20-13-17-11(16-12(15)18-13)8-5-4-6-9(19-3)10(8)14/h4-7H,1-3H3,(H2,15,16,17,18). The van der Waals surface area contributed by atoms with Gasteiger partial charge >= 0.3 is 6.01 Å². The molecule has 0 fully saturated rings. The first-order chi connectivity index (χ1) is 9.51. The highest BCUT2D eigenvalue weighted by molar-refractivity contribution is 5.59. The van der Waals surface area contributed by atoms with Crippen LogP contribution in [0, 0.1) is 5.82 Å². The Morgan fingerprint density at radius 1 is 1.20 bits per heavy atom. The molecule has 106 valence electrons. The number of hydrogen-bond acceptors (Lipinski definition) is 6. The fourth-order valence-corrected chi connectivity index (χ4v) is 1.60. The highest BCUT2D eigenvalue weighted by Crippen LogP contribution is 2.27. The van der Waals surface area contributed by atoms with Gasteiger partial charge in [-0.15, -0.1) is 0 Å². The first-order valence-electron chi connectivity index (χ1n) is 6.02. The zero-order chi connectivity index (χ0) is 14.7. The van der Waals surface area contributed by atoms with E-state index in [1.165, 1.54) is 19.2 Å². The number of nitrogen functional groups attached to an aromatic ring is 1. The molecule has 0 atom stereocenters. The van der Waals surface area contributed by atoms with Crippen LogP contribution in [0.1, 0.15) is 13.8 Å². The second-order valence-electron chi connectivity index (χ2n) is 4.29. The summed E-state index contributed by atoms with van der Waals surface area (Å²) in [5.41, 5.74) is 5.77. The number of halogens is 1. The molecule has 0 saturated heterocycles. The van der Waals surface area contributed by atoms with Gasteiger partial charge in [-0.3, -0.25) is 0 Å². The second-order valence-corrected chi connectivity index (χ2v) is 4.29. The monoisotopic (exact) mass is 278 g/mol. The van der Waals surface area contributed by atoms with Gasteiger partial charge in [-0.2, -0.15) is 15.0 Å². The van der Waals surface area contributed by atoms with Crippen LogP contribution < -0.4 is 15.2 Å². The highest BCUT2D eigenvalue weighted by Gasteiger charge is 2.15. The maximum Gasteiger partial charge on any atom is 0.322 e. The number of aromatic nitrogens is 3. The maximum atomic E-state index is 14.2. The van der Waals surface area contributed by atoms with Crippen molar-refractivity contribution in [1.29, 1.82) is 0 Å². The first kappa shape index (κ1) is 14.0. The molecule has 2 N–H and O–H groups in total. The molecular formula is C13H15FN4O2. The van der Waals surface area contributed by atoms with Crippen LogP contribution in [0.3, 0.4) is 0 Å². The molecule has 0 bridgehead atoms. The Kier molecular flexibility index (Phi) is 3.97. The van der Waals surface area contributed by atoms with Gasteiger partial charge in [-0.05, 0) is 26.0 Å². The summed E-state index contributed by atoms with van der Waals surface area (Å²) in [6.07, 6.45) is -0.125. The van der Waals surface area contributed by atoms with Crippen molar-refractivity contribution in [1.82, 2.24) is 15.0 Å². The molecule has 0 aliphatic rings. The lowest BCUT2D eigenvalue weighted by molar-refractivity contribution is 0.222. The molecule has 0 radical (unpaired) electrons. The summed E-state index contributed by atoms with van der Waals surface area (Å²) in [4.78, 5) is 11.8. The predicted octanol–water partition coefficient (Wildman–Crippen LogP) is 2.06. The van der Waals surface area contributed by atoms with Crippen LogP contribution in [0.4, 0.5) is 10.3 Å². The molecule has 2 aromatic rings. The quantitative estimate of drug-likeness (QED) is 0.921. The number of methoxy groups -OCH3 is 1. The molecule has 0 saturated carbocycles. The number of rotatable bonds is 4. The van der Waals surface area contributed by atoms with Gasteiger partial charge in [0.05, 0.1) is 18.8 Å². The Bertz CT molecular complexity index is 619. The third-order valence-corrected chi connectivity index (χ3v) is 2.40. The van der Waals surface area contributed by atoms with E-state index in [-0.39, 0.29) is 35.2 Å². The van der Waals surface area contributed by atoms with Crippen LogP contribution in [0.15, 0.2) is 18.2 Å². The molecule has 2 rings (SSSR count). The van der Waals surface area contributed by atoms with Crippen LogP contribution in [0.5, 0.6) is 11.8 Å². The Balaban J connectivity index is 2.50. The summed E-state index contributed by atoms with van der Waals surface area (Å²) in [5.74, 6) is -0.388. The Labute approximate surface area is 115 Å². The molecule has 1 aromatic heterocycles. The second kappa shape index (κ2) is 5.68. The molecule has 6 nitrogen and oxygen atoms in total. The van der Waals surface area contributed by atoms with Gasteiger partial charge in [0.1, 0.15) is 0 Å². The van der Waals surface area contributed by atoms with Crippen molar-refractivity contribution < 1.29 is 13.9 Å². The fourth-order valence-electron chi connectivity index (χ4n) is 1.60. The van der Waals surface area contributed by atoms with Crippen molar-refractivity contribution in [2.45, 2.75) is 20.0 Å². The van der Waals surface area contributed by atoms with E-state index < -0.39 is 5.82 Å². The minimum absolute atomic E-state index is 0.0344. The van der Waals surface area contributed by atoms with Gasteiger partial charge in [-0.25, -0.2) is 4.39 Å². The van der Waals surface area contributed by atoms with Gasteiger partial charge in [0.15, 0.2) is 17.4 Å². The van der Waals surface area contributed by atoms with E-state index in [2.05, 4.69) is 15.0 Å². The van der Waals surface area contributed by atoms with E-state index in [1.807, 2.05) is 13.8 Å². The normalized spacial score (nSPS) is 10.7. The number of nitrogens with two attached hydrogens (primary N) is 1. The SMILES string of the molecule is COc1cccc(-c2nc(N)nc(OC(C)C)n2)c1F. The molecule has 20 heavy (non-hydrogen) atoms. The van der Waals surface area contributed by atoms with Gasteiger partial charge in [0.25, 0.3) is 0 Å². The van der Waals surface area contributed by atoms with Crippen molar-refractivity contribution in [3.63, 3.8) is 0 Å². The molecule has 0 aliphatic carbocycles. The molecule has 0 amide bonds. The lowest BCUT2D eigenvalue weighted by Gasteiger charge is -2.10. The molecule has 0 spiro atoms. The number of ether oxygens (including phenoxy) is 2. The van der Waals surface area contributed by atoms with E-state index in [0.29, 0.717) is 0 Å². The third kappa shape index (κ3) is 2.93. The van der Waals surface area contributed by atoms with Gasteiger partial charge in [0.2, 0.25) is 5.95 Å². The van der Waals surface area contributed by atoms with Crippen molar-refractivity contribution >= 4 is 5.95 Å². The smallest absolute Gasteiger partial charge is 0.322 e. The molecule has 1 heterocycles. The lowest BCUT2D eigenvalue weighted by atomic mass is 10.2. The minimum atomic E-state index is -0.559. The van der Waals surface area contributed by atoms with Gasteiger partial charge < -0.3 is 15.2 Å². The Hall–Kier alpha value is -2.44. The zero-order valence-corrected chi connectivity index (χ0v) is 11.4. The van der Waals surface area contributed by atoms with E-state index in [4.69, 9.17) is 15.2 Å². The van der Waals surface area contributed by atoms with Crippen molar-refractivity contribution in [3.8, 4) is 23.1 Å². The third-order valence-electron chi connectivity index (χ3n) is 2.40. The molecule has 1 aromatic carbocycles. The average Bonchev–Trinajstić information content (AvgIpc) is 2.37. The van der Waals surface area contributed by atoms with Crippen molar-refractivity contribution in [3.05, 3.63) is 24.0 Å². The van der Waals surface area contributed by atoms with E-state index in [0.717, 1.165) is 0 Å². The molecule has 0 aliphatic heterocycles. The summed E-state index contributed by atoms with van der Waals surface area (Å²) in [6.45, 7) is 3.65. The summed E-state index contributed by atoms with van der Waals surface area (Å²) in [5, 5.41) is 0. The number of anilines is 1. The van der Waals surface area contributed by atoms with Crippen LogP contribution in [0.2, 0.25) is 0 Å². The highest BCUT2D eigenvalue weighted by atomic mass is 19.1. The van der Waals surface area contributed by atoms with Crippen LogP contribution in [-0.2, 0) is 0 Å². The van der Waals surface area contributed by atoms with E-state index >= 15 is 0 Å². The lowest BCUT2D eigenvalue weighted by Crippen LogP contribution is -2.11. The first-order valence-corrected chi connectivity index (χ1v) is 6.02. The molecule has 7 heteroatoms. The van der Waals surface area contributed by atoms with E-state index in [9.17, 15) is 4.39 Å². The summed E-state index contributed by atoms with van der Waals surface area (Å²) >= 11 is 0. The molecule has 0 unspecified atom stereocenters. The van der Waals surface area contributed by atoms with Gasteiger partial charge in [0, 0.05) is 0 Å². The van der Waals surface area contributed by atoms with Crippen LogP contribution >= 0.6 is 0 Å². The molecular weight excluding hydrogens is 263 g/mol. The zero-order valence-electron chi connectivity index (χ0n) is 11.4. The topological polar surface area (TPSA) is 83.2 Å². The summed E-state index contributed by atoms with van der Waals surface area (Å²) < 4.78 is 24.5. The minimum Gasteiger partial charge on any atom is -0.494 e. The summed E-state index contributed by atoms with van der Waals surface area (Å²) in [7, 11) is 1.39. The predicted molar refractivity (Wildman–Crippen MR) is 71.9 cm³/mol. The number of hydrogen-bond donors (Lipinski definition) is 1. The van der Waals surface area contributed by atoms with Crippen LogP contribution in [-0.4, -0.2) is 28.2 Å². The number of nitrogens with zero attached hydrogens (tertiary/aromatic N) is 3. The number of benzene rings is 1. The van der Waals surface area contributed by atoms with Crippen molar-refractivity contribution in [2.75, 3.05) is 12.8 Å². The van der Waals surface area contributed by atoms with Crippen molar-refractivity contribution in [2.24, 2.45) is 0 Å². The Morgan fingerprint density at radius 3 is 2.60 bits per heavy atom. The maximum absolute atomic E-state index is 14.2. The Morgan fingerprint density at radius 2 is 1.95 bits per heavy atom. The fraction of sp³-hybridized carbons (Fsp3) is 0.308. The summed E-state index contributed by atoms with van der Waals surface area (Å²) in [6, 6.07) is 4.74. The largest absolute Gasteiger partial charge is 0.494 e. The van der Waals surface area contributed by atoms with Crippen LogP contribution in [0.25, 0.3) is 11.4 Å². The van der Waals surface area contributed by atoms with E-state index in [1.54, 1.807) is 6.07 Å². The average molecular weight is 278 g/mol. The van der Waals surface area contributed by atoms with Gasteiger partial charge in [-0.1, -0.05) is 6.07 Å².